The van der Waals surface area contributed by atoms with Gasteiger partial charge in [0.05, 0.1) is 6.33 Å². The number of nitrogens with one attached hydrogen (secondary N) is 1. The molecule has 9 heavy (non-hydrogen) atoms. The van der Waals surface area contributed by atoms with Gasteiger partial charge in [-0.15, -0.1) is 11.6 Å². The average Bonchev–Trinajstić information content (AvgIpc) is 2.15. The first-order chi connectivity index (χ1) is 4.29. The maximum Gasteiger partial charge on any atom is 0.0921 e. The SMILES string of the molecule is CC(Cl)Cc1cnc[nH]1. The molecule has 1 aromatic heterocycles. The molecule has 0 spiro atoms. The number of alkyl halides is 1. The van der Waals surface area contributed by atoms with Crippen molar-refractivity contribution in [2.24, 2.45) is 0 Å². The van der Waals surface area contributed by atoms with Gasteiger partial charge in [-0.25, -0.2) is 4.98 Å². The molecule has 0 saturated heterocycles. The van der Waals surface area contributed by atoms with Gasteiger partial charge in [0.25, 0.3) is 0 Å². The first-order valence-electron chi connectivity index (χ1n) is 2.90. The molecule has 0 aromatic carbocycles. The van der Waals surface area contributed by atoms with Gasteiger partial charge in [-0.3, -0.25) is 0 Å². The van der Waals surface area contributed by atoms with Crippen molar-refractivity contribution in [1.82, 2.24) is 9.97 Å². The lowest BCUT2D eigenvalue weighted by Gasteiger charge is -1.96. The Morgan fingerprint density at radius 1 is 1.89 bits per heavy atom. The predicted octanol–water partition coefficient (Wildman–Crippen LogP) is 1.58. The van der Waals surface area contributed by atoms with Gasteiger partial charge in [0.15, 0.2) is 0 Å². The second kappa shape index (κ2) is 2.87. The number of imidazole rings is 1. The van der Waals surface area contributed by atoms with E-state index in [0.717, 1.165) is 12.1 Å². The van der Waals surface area contributed by atoms with Crippen molar-refractivity contribution in [2.75, 3.05) is 0 Å². The van der Waals surface area contributed by atoms with Crippen LogP contribution in [0.5, 0.6) is 0 Å². The standard InChI is InChI=1S/C6H9ClN2/c1-5(7)2-6-3-8-4-9-6/h3-5H,2H2,1H3,(H,8,9). The van der Waals surface area contributed by atoms with Crippen molar-refractivity contribution in [2.45, 2.75) is 18.7 Å². The van der Waals surface area contributed by atoms with E-state index in [9.17, 15) is 0 Å². The molecule has 0 fully saturated rings. The minimum atomic E-state index is 0.186. The van der Waals surface area contributed by atoms with Crippen LogP contribution in [0.25, 0.3) is 0 Å². The van der Waals surface area contributed by atoms with Gasteiger partial charge in [-0.05, 0) is 6.92 Å². The van der Waals surface area contributed by atoms with E-state index in [1.807, 2.05) is 6.92 Å². The van der Waals surface area contributed by atoms with Gasteiger partial charge in [0.2, 0.25) is 0 Å². The Morgan fingerprint density at radius 2 is 2.67 bits per heavy atom. The molecule has 3 heteroatoms. The van der Waals surface area contributed by atoms with E-state index >= 15 is 0 Å². The van der Waals surface area contributed by atoms with Gasteiger partial charge >= 0.3 is 0 Å². The van der Waals surface area contributed by atoms with Gasteiger partial charge in [0, 0.05) is 23.7 Å². The number of nitrogens with zero attached hydrogens (tertiary/aromatic N) is 1. The van der Waals surface area contributed by atoms with E-state index in [-0.39, 0.29) is 5.38 Å². The summed E-state index contributed by atoms with van der Waals surface area (Å²) >= 11 is 5.72. The molecule has 0 aliphatic rings. The van der Waals surface area contributed by atoms with Crippen molar-refractivity contribution >= 4 is 11.6 Å². The van der Waals surface area contributed by atoms with Gasteiger partial charge < -0.3 is 4.98 Å². The van der Waals surface area contributed by atoms with Crippen LogP contribution in [-0.2, 0) is 6.42 Å². The molecular weight excluding hydrogens is 136 g/mol. The molecule has 1 atom stereocenters. The summed E-state index contributed by atoms with van der Waals surface area (Å²) in [5.74, 6) is 0. The summed E-state index contributed by atoms with van der Waals surface area (Å²) in [5, 5.41) is 0.186. The van der Waals surface area contributed by atoms with Crippen LogP contribution in [0, 0.1) is 0 Å². The number of rotatable bonds is 2. The molecule has 1 N–H and O–H groups in total. The highest BCUT2D eigenvalue weighted by molar-refractivity contribution is 6.20. The highest BCUT2D eigenvalue weighted by Gasteiger charge is 1.98. The number of aromatic nitrogens is 2. The van der Waals surface area contributed by atoms with E-state index < -0.39 is 0 Å². The van der Waals surface area contributed by atoms with Crippen LogP contribution in [-0.4, -0.2) is 15.3 Å². The van der Waals surface area contributed by atoms with Crippen LogP contribution in [0.2, 0.25) is 0 Å². The summed E-state index contributed by atoms with van der Waals surface area (Å²) in [5.41, 5.74) is 1.09. The fourth-order valence-corrected chi connectivity index (χ4v) is 0.866. The van der Waals surface area contributed by atoms with Crippen molar-refractivity contribution in [3.8, 4) is 0 Å². The third-order valence-electron chi connectivity index (χ3n) is 1.06. The second-order valence-electron chi connectivity index (χ2n) is 2.06. The van der Waals surface area contributed by atoms with Crippen molar-refractivity contribution < 1.29 is 0 Å². The summed E-state index contributed by atoms with van der Waals surface area (Å²) < 4.78 is 0. The van der Waals surface area contributed by atoms with Crippen LogP contribution in [0.15, 0.2) is 12.5 Å². The molecule has 2 nitrogen and oxygen atoms in total. The lowest BCUT2D eigenvalue weighted by Crippen LogP contribution is -1.96. The zero-order chi connectivity index (χ0) is 6.69. The molecule has 0 aliphatic heterocycles. The largest absolute Gasteiger partial charge is 0.348 e. The van der Waals surface area contributed by atoms with Crippen LogP contribution >= 0.6 is 11.6 Å². The van der Waals surface area contributed by atoms with E-state index in [1.165, 1.54) is 0 Å². The van der Waals surface area contributed by atoms with E-state index in [4.69, 9.17) is 11.6 Å². The van der Waals surface area contributed by atoms with Crippen molar-refractivity contribution in [3.05, 3.63) is 18.2 Å². The fourth-order valence-electron chi connectivity index (χ4n) is 0.699. The van der Waals surface area contributed by atoms with Crippen molar-refractivity contribution in [1.29, 1.82) is 0 Å². The maximum absolute atomic E-state index is 5.72. The molecule has 0 radical (unpaired) electrons. The minimum Gasteiger partial charge on any atom is -0.348 e. The topological polar surface area (TPSA) is 28.7 Å². The highest BCUT2D eigenvalue weighted by atomic mass is 35.5. The molecule has 1 unspecified atom stereocenters. The Morgan fingerprint density at radius 3 is 3.11 bits per heavy atom. The van der Waals surface area contributed by atoms with Crippen LogP contribution in [0.1, 0.15) is 12.6 Å². The lowest BCUT2D eigenvalue weighted by atomic mass is 10.3. The number of aromatic amines is 1. The molecule has 50 valence electrons. The molecule has 0 amide bonds. The Balaban J connectivity index is 2.48. The molecule has 1 aromatic rings. The molecule has 0 saturated carbocycles. The quantitative estimate of drug-likeness (QED) is 0.628. The number of hydrogen-bond donors (Lipinski definition) is 1. The third kappa shape index (κ3) is 2.06. The summed E-state index contributed by atoms with van der Waals surface area (Å²) in [6, 6.07) is 0. The summed E-state index contributed by atoms with van der Waals surface area (Å²) in [4.78, 5) is 6.83. The Bertz CT molecular complexity index is 158. The Kier molecular flexibility index (Phi) is 2.11. The predicted molar refractivity (Wildman–Crippen MR) is 37.6 cm³/mol. The van der Waals surface area contributed by atoms with Gasteiger partial charge in [0.1, 0.15) is 0 Å². The molecule has 0 aliphatic carbocycles. The zero-order valence-corrected chi connectivity index (χ0v) is 6.02. The number of halogens is 1. The Hall–Kier alpha value is -0.500. The number of hydrogen-bond acceptors (Lipinski definition) is 1. The van der Waals surface area contributed by atoms with Gasteiger partial charge in [-0.2, -0.15) is 0 Å². The molecule has 0 bridgehead atoms. The first-order valence-corrected chi connectivity index (χ1v) is 3.34. The Labute approximate surface area is 59.3 Å². The monoisotopic (exact) mass is 144 g/mol. The van der Waals surface area contributed by atoms with Crippen molar-refractivity contribution in [3.63, 3.8) is 0 Å². The summed E-state index contributed by atoms with van der Waals surface area (Å²) in [6.45, 7) is 1.96. The summed E-state index contributed by atoms with van der Waals surface area (Å²) in [7, 11) is 0. The van der Waals surface area contributed by atoms with Crippen LogP contribution in [0.4, 0.5) is 0 Å². The normalized spacial score (nSPS) is 13.6. The molecular formula is C6H9ClN2. The van der Waals surface area contributed by atoms with E-state index in [1.54, 1.807) is 12.5 Å². The van der Waals surface area contributed by atoms with E-state index in [2.05, 4.69) is 9.97 Å². The highest BCUT2D eigenvalue weighted by Crippen LogP contribution is 2.02. The second-order valence-corrected chi connectivity index (χ2v) is 2.81. The van der Waals surface area contributed by atoms with Crippen LogP contribution in [0.3, 0.4) is 0 Å². The number of H-pyrrole nitrogens is 1. The molecule has 1 rings (SSSR count). The van der Waals surface area contributed by atoms with E-state index in [0.29, 0.717) is 0 Å². The lowest BCUT2D eigenvalue weighted by molar-refractivity contribution is 0.901. The fraction of sp³-hybridized carbons (Fsp3) is 0.500. The zero-order valence-electron chi connectivity index (χ0n) is 5.26. The maximum atomic E-state index is 5.72. The van der Waals surface area contributed by atoms with Crippen LogP contribution < -0.4 is 0 Å². The molecule has 1 heterocycles. The minimum absolute atomic E-state index is 0.186. The third-order valence-corrected chi connectivity index (χ3v) is 1.21. The first kappa shape index (κ1) is 6.62. The summed E-state index contributed by atoms with van der Waals surface area (Å²) in [6.07, 6.45) is 4.31. The van der Waals surface area contributed by atoms with Gasteiger partial charge in [-0.1, -0.05) is 0 Å². The average molecular weight is 145 g/mol. The smallest absolute Gasteiger partial charge is 0.0921 e.